The van der Waals surface area contributed by atoms with Gasteiger partial charge in [0, 0.05) is 17.8 Å². The predicted molar refractivity (Wildman–Crippen MR) is 90.6 cm³/mol. The van der Waals surface area contributed by atoms with Crippen LogP contribution in [0.4, 0.5) is 10.1 Å². The van der Waals surface area contributed by atoms with Gasteiger partial charge in [0.2, 0.25) is 0 Å². The lowest BCUT2D eigenvalue weighted by Crippen LogP contribution is -2.36. The number of aromatic nitrogens is 4. The van der Waals surface area contributed by atoms with Gasteiger partial charge in [0.25, 0.3) is 5.91 Å². The number of aryl methyl sites for hydroxylation is 1. The molecule has 3 heterocycles. The summed E-state index contributed by atoms with van der Waals surface area (Å²) in [6.45, 7) is 0.442. The molecule has 0 fully saturated rings. The number of hydrogen-bond acceptors (Lipinski definition) is 4. The topological polar surface area (TPSA) is 63.9 Å². The Morgan fingerprint density at radius 2 is 2.12 bits per heavy atom. The molecule has 0 unspecified atom stereocenters. The van der Waals surface area contributed by atoms with E-state index in [2.05, 4.69) is 15.3 Å². The van der Waals surface area contributed by atoms with E-state index in [1.165, 1.54) is 28.0 Å². The van der Waals surface area contributed by atoms with E-state index in [0.717, 1.165) is 12.0 Å². The molecule has 0 N–H and O–H groups in total. The van der Waals surface area contributed by atoms with Crippen LogP contribution in [-0.2, 0) is 6.42 Å². The predicted octanol–water partition coefficient (Wildman–Crippen LogP) is 3.05. The van der Waals surface area contributed by atoms with Gasteiger partial charge in [-0.25, -0.2) is 9.07 Å². The number of halogens is 2. The summed E-state index contributed by atoms with van der Waals surface area (Å²) in [5.41, 5.74) is 2.00. The molecule has 8 heteroatoms. The van der Waals surface area contributed by atoms with Crippen LogP contribution in [0.3, 0.4) is 0 Å². The van der Waals surface area contributed by atoms with Crippen molar-refractivity contribution in [1.29, 1.82) is 0 Å². The SMILES string of the molecule is O=C(c1cncc(-n2ccnn2)c1)N1CCCc2cc(Cl)cc(F)c21. The maximum atomic E-state index is 14.4. The first-order chi connectivity index (χ1) is 12.1. The van der Waals surface area contributed by atoms with Crippen molar-refractivity contribution >= 4 is 23.2 Å². The van der Waals surface area contributed by atoms with Crippen LogP contribution in [0.1, 0.15) is 22.3 Å². The zero-order chi connectivity index (χ0) is 17.4. The molecule has 0 spiro atoms. The van der Waals surface area contributed by atoms with Crippen molar-refractivity contribution in [3.8, 4) is 5.69 Å². The second-order valence-corrected chi connectivity index (χ2v) is 6.17. The number of amides is 1. The maximum Gasteiger partial charge on any atom is 0.260 e. The second kappa shape index (κ2) is 6.25. The lowest BCUT2D eigenvalue weighted by Gasteiger charge is -2.30. The molecule has 1 aliphatic rings. The minimum atomic E-state index is -0.490. The Bertz CT molecular complexity index is 944. The standard InChI is InChI=1S/C17H13ClFN5O/c18-13-6-11-2-1-4-23(16(11)15(19)8-13)17(25)12-7-14(10-20-9-12)24-5-3-21-22-24/h3,5-10H,1-2,4H2. The highest BCUT2D eigenvalue weighted by Crippen LogP contribution is 2.33. The average molecular weight is 358 g/mol. The third kappa shape index (κ3) is 2.87. The molecule has 6 nitrogen and oxygen atoms in total. The number of hydrogen-bond donors (Lipinski definition) is 0. The first-order valence-electron chi connectivity index (χ1n) is 7.75. The Morgan fingerprint density at radius 3 is 2.92 bits per heavy atom. The lowest BCUT2D eigenvalue weighted by atomic mass is 10.0. The summed E-state index contributed by atoms with van der Waals surface area (Å²) in [5, 5.41) is 7.96. The van der Waals surface area contributed by atoms with E-state index < -0.39 is 5.82 Å². The molecule has 0 radical (unpaired) electrons. The van der Waals surface area contributed by atoms with Crippen molar-refractivity contribution in [3.63, 3.8) is 0 Å². The van der Waals surface area contributed by atoms with E-state index in [4.69, 9.17) is 11.6 Å². The number of carbonyl (C=O) groups excluding carboxylic acids is 1. The Hall–Kier alpha value is -2.80. The molecule has 2 aromatic heterocycles. The summed E-state index contributed by atoms with van der Waals surface area (Å²) >= 11 is 5.94. The first kappa shape index (κ1) is 15.7. The molecule has 0 aliphatic carbocycles. The van der Waals surface area contributed by atoms with E-state index in [9.17, 15) is 9.18 Å². The Balaban J connectivity index is 1.73. The molecule has 1 amide bonds. The third-order valence-electron chi connectivity index (χ3n) is 4.11. The van der Waals surface area contributed by atoms with Gasteiger partial charge >= 0.3 is 0 Å². The maximum absolute atomic E-state index is 14.4. The quantitative estimate of drug-likeness (QED) is 0.707. The highest BCUT2D eigenvalue weighted by molar-refractivity contribution is 6.30. The zero-order valence-corrected chi connectivity index (χ0v) is 13.8. The van der Waals surface area contributed by atoms with Gasteiger partial charge in [-0.3, -0.25) is 9.78 Å². The number of fused-ring (bicyclic) bond motifs is 1. The van der Waals surface area contributed by atoms with Crippen molar-refractivity contribution in [3.05, 3.63) is 65.0 Å². The summed E-state index contributed by atoms with van der Waals surface area (Å²) in [7, 11) is 0. The van der Waals surface area contributed by atoms with E-state index in [1.54, 1.807) is 24.5 Å². The number of carbonyl (C=O) groups is 1. The zero-order valence-electron chi connectivity index (χ0n) is 13.1. The molecule has 0 bridgehead atoms. The molecule has 3 aromatic rings. The molecule has 1 aliphatic heterocycles. The van der Waals surface area contributed by atoms with Gasteiger partial charge in [0.05, 0.1) is 35.5 Å². The van der Waals surface area contributed by atoms with Gasteiger partial charge in [-0.15, -0.1) is 5.10 Å². The highest BCUT2D eigenvalue weighted by Gasteiger charge is 2.27. The van der Waals surface area contributed by atoms with Gasteiger partial charge < -0.3 is 4.90 Å². The largest absolute Gasteiger partial charge is 0.305 e. The summed E-state index contributed by atoms with van der Waals surface area (Å²) in [6, 6.07) is 4.60. The van der Waals surface area contributed by atoms with Crippen molar-refractivity contribution < 1.29 is 9.18 Å². The van der Waals surface area contributed by atoms with E-state index in [-0.39, 0.29) is 5.91 Å². The summed E-state index contributed by atoms with van der Waals surface area (Å²) in [4.78, 5) is 18.5. The van der Waals surface area contributed by atoms with Crippen molar-refractivity contribution in [2.45, 2.75) is 12.8 Å². The molecular weight excluding hydrogens is 345 g/mol. The van der Waals surface area contributed by atoms with Crippen molar-refractivity contribution in [1.82, 2.24) is 20.0 Å². The lowest BCUT2D eigenvalue weighted by molar-refractivity contribution is 0.0983. The monoisotopic (exact) mass is 357 g/mol. The number of nitrogens with zero attached hydrogens (tertiary/aromatic N) is 5. The first-order valence-corrected chi connectivity index (χ1v) is 8.13. The normalized spacial score (nSPS) is 13.6. The third-order valence-corrected chi connectivity index (χ3v) is 4.33. The van der Waals surface area contributed by atoms with E-state index in [1.807, 2.05) is 0 Å². The van der Waals surface area contributed by atoms with Gasteiger partial charge in [-0.2, -0.15) is 0 Å². The smallest absolute Gasteiger partial charge is 0.260 e. The van der Waals surface area contributed by atoms with Crippen molar-refractivity contribution in [2.24, 2.45) is 0 Å². The van der Waals surface area contributed by atoms with Crippen LogP contribution in [0.25, 0.3) is 5.69 Å². The van der Waals surface area contributed by atoms with Crippen LogP contribution in [-0.4, -0.2) is 32.4 Å². The summed E-state index contributed by atoms with van der Waals surface area (Å²) in [5.74, 6) is -0.799. The van der Waals surface area contributed by atoms with Gasteiger partial charge in [-0.1, -0.05) is 16.8 Å². The summed E-state index contributed by atoms with van der Waals surface area (Å²) < 4.78 is 16.0. The molecule has 1 aromatic carbocycles. The van der Waals surface area contributed by atoms with Crippen LogP contribution < -0.4 is 4.90 Å². The average Bonchev–Trinajstić information content (AvgIpc) is 3.15. The highest BCUT2D eigenvalue weighted by atomic mass is 35.5. The van der Waals surface area contributed by atoms with Crippen LogP contribution in [0.15, 0.2) is 43.0 Å². The Kier molecular flexibility index (Phi) is 3.93. The van der Waals surface area contributed by atoms with E-state index in [0.29, 0.717) is 34.9 Å². The summed E-state index contributed by atoms with van der Waals surface area (Å²) in [6.07, 6.45) is 7.67. The minimum Gasteiger partial charge on any atom is -0.305 e. The number of rotatable bonds is 2. The fraction of sp³-hybridized carbons (Fsp3) is 0.176. The van der Waals surface area contributed by atoms with Gasteiger partial charge in [0.1, 0.15) is 5.82 Å². The molecule has 0 atom stereocenters. The molecular formula is C17H13ClFN5O. The van der Waals surface area contributed by atoms with Crippen LogP contribution in [0.5, 0.6) is 0 Å². The fourth-order valence-corrected chi connectivity index (χ4v) is 3.25. The van der Waals surface area contributed by atoms with Gasteiger partial charge in [-0.05, 0) is 36.6 Å². The second-order valence-electron chi connectivity index (χ2n) is 5.74. The molecule has 0 saturated carbocycles. The van der Waals surface area contributed by atoms with Crippen LogP contribution in [0, 0.1) is 5.82 Å². The Labute approximate surface area is 147 Å². The van der Waals surface area contributed by atoms with Gasteiger partial charge in [0.15, 0.2) is 0 Å². The number of anilines is 1. The number of benzene rings is 1. The molecule has 0 saturated heterocycles. The molecule has 126 valence electrons. The van der Waals surface area contributed by atoms with Crippen molar-refractivity contribution in [2.75, 3.05) is 11.4 Å². The molecule has 25 heavy (non-hydrogen) atoms. The fourth-order valence-electron chi connectivity index (χ4n) is 3.03. The van der Waals surface area contributed by atoms with Crippen LogP contribution >= 0.6 is 11.6 Å². The Morgan fingerprint density at radius 1 is 1.24 bits per heavy atom. The minimum absolute atomic E-state index is 0.298. The van der Waals surface area contributed by atoms with Crippen LogP contribution in [0.2, 0.25) is 5.02 Å². The number of pyridine rings is 1. The van der Waals surface area contributed by atoms with E-state index >= 15 is 0 Å². The molecule has 4 rings (SSSR count).